The lowest BCUT2D eigenvalue weighted by atomic mass is 10.1. The maximum atomic E-state index is 14.6. The van der Waals surface area contributed by atoms with Crippen molar-refractivity contribution in [2.45, 2.75) is 124 Å². The van der Waals surface area contributed by atoms with E-state index in [4.69, 9.17) is 9.47 Å². The van der Waals surface area contributed by atoms with Crippen LogP contribution in [0.2, 0.25) is 0 Å². The minimum Gasteiger partial charge on any atom is -0.363 e. The van der Waals surface area contributed by atoms with Gasteiger partial charge in [0.15, 0.2) is 0 Å². The molecule has 4 aromatic carbocycles. The molecule has 6 rings (SSSR count). The Bertz CT molecular complexity index is 2790. The second-order valence-corrected chi connectivity index (χ2v) is 24.0. The van der Waals surface area contributed by atoms with Gasteiger partial charge in [-0.1, -0.05) is 109 Å². The molecule has 0 aliphatic carbocycles. The fraction of sp³-hybridized carbons (Fsp3) is 0.467. The lowest BCUT2D eigenvalue weighted by Gasteiger charge is -2.34. The summed E-state index contributed by atoms with van der Waals surface area (Å²) in [4.78, 5) is 59.4. The van der Waals surface area contributed by atoms with Crippen LogP contribution in [0.15, 0.2) is 131 Å². The van der Waals surface area contributed by atoms with E-state index in [2.05, 4.69) is 44.9 Å². The smallest absolute Gasteiger partial charge is 0.248 e. The maximum absolute atomic E-state index is 14.6. The van der Waals surface area contributed by atoms with E-state index in [-0.39, 0.29) is 49.2 Å². The van der Waals surface area contributed by atoms with Gasteiger partial charge in [0.1, 0.15) is 25.3 Å². The van der Waals surface area contributed by atoms with E-state index in [0.717, 1.165) is 11.1 Å². The van der Waals surface area contributed by atoms with Gasteiger partial charge in [-0.25, -0.2) is 16.8 Å². The molecule has 2 aliphatic rings. The van der Waals surface area contributed by atoms with Crippen molar-refractivity contribution in [3.8, 4) is 23.7 Å². The third-order valence-corrected chi connectivity index (χ3v) is 18.5. The molecule has 18 nitrogen and oxygen atoms in total. The highest BCUT2D eigenvalue weighted by molar-refractivity contribution is 7.89. The van der Waals surface area contributed by atoms with E-state index in [1.807, 2.05) is 60.7 Å². The predicted molar refractivity (Wildman–Crippen MR) is 307 cm³/mol. The molecule has 20 heteroatoms. The van der Waals surface area contributed by atoms with E-state index in [1.54, 1.807) is 112 Å². The lowest BCUT2D eigenvalue weighted by Crippen LogP contribution is -2.58. The van der Waals surface area contributed by atoms with Crippen molar-refractivity contribution in [1.82, 2.24) is 39.7 Å². The summed E-state index contributed by atoms with van der Waals surface area (Å²) < 4.78 is 71.6. The Balaban J connectivity index is 1.10. The Morgan fingerprint density at radius 1 is 0.550 bits per heavy atom. The summed E-state index contributed by atoms with van der Waals surface area (Å²) in [5.41, 5.74) is 1.96. The number of rotatable bonds is 28. The minimum atomic E-state index is -3.94. The third kappa shape index (κ3) is 17.5. The summed E-state index contributed by atoms with van der Waals surface area (Å²) in [5, 5.41) is 11.5. The first-order valence-electron chi connectivity index (χ1n) is 27.4. The van der Waals surface area contributed by atoms with Crippen LogP contribution < -0.4 is 21.3 Å². The predicted octanol–water partition coefficient (Wildman–Crippen LogP) is 3.84. The zero-order valence-corrected chi connectivity index (χ0v) is 48.4. The van der Waals surface area contributed by atoms with E-state index in [9.17, 15) is 36.0 Å². The number of carbonyl (C=O) groups is 4. The lowest BCUT2D eigenvalue weighted by molar-refractivity contribution is -0.141. The van der Waals surface area contributed by atoms with Crippen LogP contribution in [0.25, 0.3) is 0 Å². The molecular formula is C60H78N8O10S2. The Morgan fingerprint density at radius 2 is 0.887 bits per heavy atom. The van der Waals surface area contributed by atoms with Crippen LogP contribution in [0.5, 0.6) is 0 Å². The summed E-state index contributed by atoms with van der Waals surface area (Å²) >= 11 is 0. The first-order chi connectivity index (χ1) is 38.5. The van der Waals surface area contributed by atoms with Gasteiger partial charge in [-0.05, 0) is 128 Å². The molecule has 2 aliphatic heterocycles. The monoisotopic (exact) mass is 1130 g/mol. The van der Waals surface area contributed by atoms with Gasteiger partial charge in [0, 0.05) is 51.4 Å². The number of hydrogen-bond acceptors (Lipinski definition) is 12. The van der Waals surface area contributed by atoms with Crippen molar-refractivity contribution in [3.63, 3.8) is 0 Å². The van der Waals surface area contributed by atoms with Crippen molar-refractivity contribution in [2.24, 2.45) is 0 Å². The molecule has 0 saturated carbocycles. The zero-order valence-electron chi connectivity index (χ0n) is 46.8. The van der Waals surface area contributed by atoms with Gasteiger partial charge < -0.3 is 40.5 Å². The first kappa shape index (κ1) is 62.7. The number of likely N-dealkylation sites (tertiary alicyclic amines) is 2. The third-order valence-electron chi connectivity index (χ3n) is 14.7. The summed E-state index contributed by atoms with van der Waals surface area (Å²) in [7, 11) is -4.61. The topological polar surface area (TPSA) is 216 Å². The van der Waals surface area contributed by atoms with E-state index < -0.39 is 92.1 Å². The van der Waals surface area contributed by atoms with E-state index >= 15 is 0 Å². The normalized spacial score (nSPS) is 17.8. The van der Waals surface area contributed by atoms with E-state index in [1.165, 1.54) is 8.61 Å². The van der Waals surface area contributed by atoms with Crippen molar-refractivity contribution >= 4 is 43.7 Å². The highest BCUT2D eigenvalue weighted by Crippen LogP contribution is 2.27. The number of sulfonamides is 2. The van der Waals surface area contributed by atoms with Crippen LogP contribution >= 0.6 is 0 Å². The molecule has 4 amide bonds. The van der Waals surface area contributed by atoms with Crippen molar-refractivity contribution in [1.29, 1.82) is 0 Å². The quantitative estimate of drug-likeness (QED) is 0.0598. The fourth-order valence-electron chi connectivity index (χ4n) is 9.64. The van der Waals surface area contributed by atoms with Gasteiger partial charge in [-0.15, -0.1) is 0 Å². The molecule has 4 aromatic rings. The van der Waals surface area contributed by atoms with Gasteiger partial charge in [0.05, 0.1) is 34.1 Å². The molecule has 0 unspecified atom stereocenters. The molecule has 2 fully saturated rings. The molecule has 2 saturated heterocycles. The standard InChI is InChI=1S/C60H78N8O10S2/c1-45(61-5)57(69)63-55(59(71)67-37-23-29-51(67)43-65(39-35-49-25-13-9-14-26-49)79(73,74)53-31-17-11-18-32-53)47(3)77-41-21-7-8-22-42-78-48(4)56(64-58(70)46(2)62-6)60(72)68-38-24-30-52(68)44-66(40-36-50-27-15-10-16-28-50)80(75,76)54-33-19-12-20-34-54/h9-20,25-28,31-34,45-48,51-52,55-56,61-62H,23-24,29-30,35-44H2,1-6H3,(H,63,69)(H,64,70)/t45-,46+,47-,48-,51+,52+,55+,56+/m1/s1. The molecule has 0 radical (unpaired) electrons. The summed E-state index contributed by atoms with van der Waals surface area (Å²) in [6.45, 7) is 7.61. The van der Waals surface area contributed by atoms with Crippen LogP contribution in [-0.4, -0.2) is 174 Å². The highest BCUT2D eigenvalue weighted by Gasteiger charge is 2.41. The molecule has 0 spiro atoms. The molecule has 80 heavy (non-hydrogen) atoms. The highest BCUT2D eigenvalue weighted by atomic mass is 32.2. The van der Waals surface area contributed by atoms with Gasteiger partial charge >= 0.3 is 0 Å². The number of carbonyl (C=O) groups excluding carboxylic acids is 4. The van der Waals surface area contributed by atoms with E-state index in [0.29, 0.717) is 51.6 Å². The maximum Gasteiger partial charge on any atom is 0.248 e. The fourth-order valence-corrected chi connectivity index (χ4v) is 12.6. The molecular weight excluding hydrogens is 1060 g/mol. The van der Waals surface area contributed by atoms with Crippen molar-refractivity contribution in [2.75, 3.05) is 66.6 Å². The number of hydrogen-bond donors (Lipinski definition) is 4. The van der Waals surface area contributed by atoms with Crippen LogP contribution in [0.3, 0.4) is 0 Å². The number of amides is 4. The summed E-state index contributed by atoms with van der Waals surface area (Å²) in [5.74, 6) is 9.48. The first-order valence-corrected chi connectivity index (χ1v) is 30.3. The van der Waals surface area contributed by atoms with Crippen LogP contribution in [0.4, 0.5) is 0 Å². The summed E-state index contributed by atoms with van der Waals surface area (Å²) in [6.07, 6.45) is 1.63. The van der Waals surface area contributed by atoms with Gasteiger partial charge in [0.2, 0.25) is 43.7 Å². The molecule has 0 bridgehead atoms. The largest absolute Gasteiger partial charge is 0.363 e. The number of nitrogens with one attached hydrogen (secondary N) is 4. The molecule has 0 aromatic heterocycles. The van der Waals surface area contributed by atoms with Crippen LogP contribution in [0.1, 0.15) is 64.5 Å². The number of benzene rings is 4. The second kappa shape index (κ2) is 30.9. The Labute approximate surface area is 473 Å². The Morgan fingerprint density at radius 3 is 1.23 bits per heavy atom. The van der Waals surface area contributed by atoms with Gasteiger partial charge in [-0.2, -0.15) is 8.61 Å². The zero-order chi connectivity index (χ0) is 57.7. The second-order valence-electron chi connectivity index (χ2n) is 20.1. The molecule has 4 N–H and O–H groups in total. The van der Waals surface area contributed by atoms with Gasteiger partial charge in [0.25, 0.3) is 0 Å². The average molecular weight is 1140 g/mol. The molecule has 2 heterocycles. The number of ether oxygens (including phenoxy) is 2. The Kier molecular flexibility index (Phi) is 24.3. The number of nitrogens with zero attached hydrogens (tertiary/aromatic N) is 4. The molecule has 430 valence electrons. The average Bonchev–Trinajstić information content (AvgIpc) is 4.16. The van der Waals surface area contributed by atoms with Crippen molar-refractivity contribution < 1.29 is 45.5 Å². The SMILES string of the molecule is CN[C@@H](C)C(=O)N[C@H](C(=O)N1CCC[C@H]1CN(CCc1ccccc1)S(=O)(=O)c1ccccc1)[C@@H](C)OCC#CC#CCO[C@H](C)[C@H](NC(=O)[C@@H](C)NC)C(=O)N1CCC[C@H]1CN(CCc1ccccc1)S(=O)(=O)c1ccccc1. The Hall–Kier alpha value is -6.46. The number of likely N-dealkylation sites (N-methyl/N-ethyl adjacent to an activating group) is 2. The van der Waals surface area contributed by atoms with Gasteiger partial charge in [-0.3, -0.25) is 19.2 Å². The summed E-state index contributed by atoms with van der Waals surface area (Å²) in [6, 6.07) is 31.3. The minimum absolute atomic E-state index is 0.0594. The van der Waals surface area contributed by atoms with Crippen molar-refractivity contribution in [3.05, 3.63) is 132 Å². The molecule has 8 atom stereocenters. The van der Waals surface area contributed by atoms with Crippen LogP contribution in [0, 0.1) is 23.7 Å². The van der Waals surface area contributed by atoms with Crippen LogP contribution in [-0.2, 0) is 61.5 Å².